The molecule has 2 nitrogen and oxygen atoms in total. The largest absolute Gasteiger partial charge is 0.330 e. The summed E-state index contributed by atoms with van der Waals surface area (Å²) in [5, 5.41) is 0. The van der Waals surface area contributed by atoms with Gasteiger partial charge in [0.05, 0.1) is 0 Å². The predicted octanol–water partition coefficient (Wildman–Crippen LogP) is 3.53. The monoisotopic (exact) mass is 308 g/mol. The van der Waals surface area contributed by atoms with E-state index in [-0.39, 0.29) is 5.41 Å². The van der Waals surface area contributed by atoms with Crippen LogP contribution in [0.15, 0.2) is 54.6 Å². The first-order valence-electron chi connectivity index (χ1n) is 8.76. The summed E-state index contributed by atoms with van der Waals surface area (Å²) in [7, 11) is 0. The van der Waals surface area contributed by atoms with Crippen molar-refractivity contribution in [3.63, 3.8) is 0 Å². The van der Waals surface area contributed by atoms with E-state index in [1.807, 2.05) is 0 Å². The molecule has 1 fully saturated rings. The van der Waals surface area contributed by atoms with E-state index in [0.29, 0.717) is 0 Å². The van der Waals surface area contributed by atoms with Crippen LogP contribution < -0.4 is 5.73 Å². The van der Waals surface area contributed by atoms with Gasteiger partial charge in [0.25, 0.3) is 0 Å². The number of likely N-dealkylation sites (tertiary alicyclic amines) is 1. The van der Waals surface area contributed by atoms with Crippen molar-refractivity contribution in [2.75, 3.05) is 26.2 Å². The van der Waals surface area contributed by atoms with E-state index >= 15 is 0 Å². The molecule has 1 heterocycles. The van der Waals surface area contributed by atoms with Crippen molar-refractivity contribution in [3.05, 3.63) is 71.3 Å². The molecule has 0 spiro atoms. The molecule has 0 atom stereocenters. The smallest absolute Gasteiger partial charge is 0.00998 e. The van der Waals surface area contributed by atoms with Gasteiger partial charge in [-0.05, 0) is 56.0 Å². The number of aryl methyl sites for hydroxylation is 1. The van der Waals surface area contributed by atoms with Crippen LogP contribution in [0.2, 0.25) is 0 Å². The molecular formula is C21H28N2. The Morgan fingerprint density at radius 1 is 0.957 bits per heavy atom. The highest BCUT2D eigenvalue weighted by Gasteiger charge is 2.34. The summed E-state index contributed by atoms with van der Waals surface area (Å²) in [6, 6.07) is 19.6. The van der Waals surface area contributed by atoms with Crippen molar-refractivity contribution < 1.29 is 0 Å². The maximum Gasteiger partial charge on any atom is 0.00998 e. The Kier molecular flexibility index (Phi) is 5.14. The van der Waals surface area contributed by atoms with E-state index in [1.54, 1.807) is 0 Å². The molecule has 1 saturated heterocycles. The topological polar surface area (TPSA) is 29.3 Å². The molecule has 2 aromatic rings. The lowest BCUT2D eigenvalue weighted by atomic mass is 9.73. The molecule has 3 rings (SSSR count). The number of benzene rings is 2. The number of rotatable bonds is 5. The third kappa shape index (κ3) is 3.65. The van der Waals surface area contributed by atoms with Gasteiger partial charge in [-0.15, -0.1) is 0 Å². The molecule has 0 saturated carbocycles. The van der Waals surface area contributed by atoms with Gasteiger partial charge in [-0.3, -0.25) is 0 Å². The second kappa shape index (κ2) is 7.29. The minimum absolute atomic E-state index is 0.181. The zero-order valence-corrected chi connectivity index (χ0v) is 14.2. The van der Waals surface area contributed by atoms with Crippen LogP contribution in [0.25, 0.3) is 0 Å². The third-order valence-electron chi connectivity index (χ3n) is 5.55. The van der Waals surface area contributed by atoms with Crippen LogP contribution in [0, 0.1) is 6.92 Å². The number of nitrogens with two attached hydrogens (primary N) is 1. The number of nitrogens with zero attached hydrogens (tertiary/aromatic N) is 1. The van der Waals surface area contributed by atoms with E-state index in [1.165, 1.54) is 29.5 Å². The Bertz CT molecular complexity index is 613. The molecule has 0 aromatic heterocycles. The van der Waals surface area contributed by atoms with Crippen LogP contribution in [-0.4, -0.2) is 31.1 Å². The molecule has 0 bridgehead atoms. The van der Waals surface area contributed by atoms with Crippen molar-refractivity contribution in [2.45, 2.75) is 31.6 Å². The summed E-state index contributed by atoms with van der Waals surface area (Å²) < 4.78 is 0. The average molecular weight is 308 g/mol. The first kappa shape index (κ1) is 16.2. The van der Waals surface area contributed by atoms with Crippen LogP contribution >= 0.6 is 0 Å². The Labute approximate surface area is 140 Å². The van der Waals surface area contributed by atoms with E-state index < -0.39 is 0 Å². The molecule has 0 aliphatic carbocycles. The summed E-state index contributed by atoms with van der Waals surface area (Å²) in [6.45, 7) is 6.42. The normalized spacial score (nSPS) is 18.0. The van der Waals surface area contributed by atoms with Crippen molar-refractivity contribution in [2.24, 2.45) is 5.73 Å². The van der Waals surface area contributed by atoms with Gasteiger partial charge in [0.1, 0.15) is 0 Å². The van der Waals surface area contributed by atoms with Gasteiger partial charge in [0.15, 0.2) is 0 Å². The molecule has 2 aromatic carbocycles. The summed E-state index contributed by atoms with van der Waals surface area (Å²) >= 11 is 0. The molecule has 1 aliphatic heterocycles. The van der Waals surface area contributed by atoms with Gasteiger partial charge in [-0.1, -0.05) is 54.6 Å². The summed E-state index contributed by atoms with van der Waals surface area (Å²) in [5.41, 5.74) is 10.7. The Morgan fingerprint density at radius 3 is 2.26 bits per heavy atom. The standard InChI is InChI=1S/C21H28N2/c1-18-7-5-6-8-19(18)11-14-23-15-12-21(17-22,13-16-23)20-9-3-2-4-10-20/h2-10H,11-17,22H2,1H3. The molecule has 0 radical (unpaired) electrons. The zero-order valence-electron chi connectivity index (χ0n) is 14.2. The molecule has 1 aliphatic rings. The highest BCUT2D eigenvalue weighted by Crippen LogP contribution is 2.34. The van der Waals surface area contributed by atoms with Crippen molar-refractivity contribution >= 4 is 0 Å². The number of hydrogen-bond acceptors (Lipinski definition) is 2. The molecular weight excluding hydrogens is 280 g/mol. The lowest BCUT2D eigenvalue weighted by molar-refractivity contribution is 0.164. The summed E-state index contributed by atoms with van der Waals surface area (Å²) in [5.74, 6) is 0. The minimum Gasteiger partial charge on any atom is -0.330 e. The lowest BCUT2D eigenvalue weighted by Gasteiger charge is -2.41. The predicted molar refractivity (Wildman–Crippen MR) is 97.7 cm³/mol. The molecule has 0 unspecified atom stereocenters. The van der Waals surface area contributed by atoms with Gasteiger partial charge < -0.3 is 10.6 Å². The fourth-order valence-electron chi connectivity index (χ4n) is 3.78. The fraction of sp³-hybridized carbons (Fsp3) is 0.429. The molecule has 2 heteroatoms. The van der Waals surface area contributed by atoms with Gasteiger partial charge in [0.2, 0.25) is 0 Å². The maximum absolute atomic E-state index is 6.18. The zero-order chi connectivity index (χ0) is 16.1. The first-order chi connectivity index (χ1) is 11.2. The Balaban J connectivity index is 1.59. The number of piperidine rings is 1. The van der Waals surface area contributed by atoms with Crippen LogP contribution in [-0.2, 0) is 11.8 Å². The van der Waals surface area contributed by atoms with Crippen molar-refractivity contribution in [1.82, 2.24) is 4.90 Å². The van der Waals surface area contributed by atoms with E-state index in [9.17, 15) is 0 Å². The highest BCUT2D eigenvalue weighted by atomic mass is 15.1. The van der Waals surface area contributed by atoms with E-state index in [2.05, 4.69) is 66.4 Å². The lowest BCUT2D eigenvalue weighted by Crippen LogP contribution is -2.47. The van der Waals surface area contributed by atoms with E-state index in [4.69, 9.17) is 5.73 Å². The van der Waals surface area contributed by atoms with E-state index in [0.717, 1.165) is 32.6 Å². The highest BCUT2D eigenvalue weighted by molar-refractivity contribution is 5.27. The van der Waals surface area contributed by atoms with Crippen LogP contribution in [0.3, 0.4) is 0 Å². The summed E-state index contributed by atoms with van der Waals surface area (Å²) in [4.78, 5) is 2.60. The maximum atomic E-state index is 6.18. The quantitative estimate of drug-likeness (QED) is 0.915. The third-order valence-corrected chi connectivity index (χ3v) is 5.55. The molecule has 0 amide bonds. The van der Waals surface area contributed by atoms with Crippen LogP contribution in [0.5, 0.6) is 0 Å². The molecule has 122 valence electrons. The first-order valence-corrected chi connectivity index (χ1v) is 8.76. The van der Waals surface area contributed by atoms with Crippen LogP contribution in [0.1, 0.15) is 29.5 Å². The Morgan fingerprint density at radius 2 is 1.61 bits per heavy atom. The fourth-order valence-corrected chi connectivity index (χ4v) is 3.78. The van der Waals surface area contributed by atoms with Gasteiger partial charge in [-0.25, -0.2) is 0 Å². The number of hydrogen-bond donors (Lipinski definition) is 1. The van der Waals surface area contributed by atoms with Crippen molar-refractivity contribution in [1.29, 1.82) is 0 Å². The second-order valence-corrected chi connectivity index (χ2v) is 6.87. The SMILES string of the molecule is Cc1ccccc1CCN1CCC(CN)(c2ccccc2)CC1. The summed E-state index contributed by atoms with van der Waals surface area (Å²) in [6.07, 6.45) is 3.48. The second-order valence-electron chi connectivity index (χ2n) is 6.87. The Hall–Kier alpha value is -1.64. The van der Waals surface area contributed by atoms with Gasteiger partial charge >= 0.3 is 0 Å². The van der Waals surface area contributed by atoms with Gasteiger partial charge in [-0.2, -0.15) is 0 Å². The molecule has 2 N–H and O–H groups in total. The van der Waals surface area contributed by atoms with Gasteiger partial charge in [0, 0.05) is 18.5 Å². The molecule has 23 heavy (non-hydrogen) atoms. The van der Waals surface area contributed by atoms with Crippen LogP contribution in [0.4, 0.5) is 0 Å². The minimum atomic E-state index is 0.181. The average Bonchev–Trinajstić information content (AvgIpc) is 2.62. The van der Waals surface area contributed by atoms with Crippen molar-refractivity contribution in [3.8, 4) is 0 Å².